The first-order valence-electron chi connectivity index (χ1n) is 5.17. The molecule has 0 amide bonds. The largest absolute Gasteiger partial charge is 0.346 e. The van der Waals surface area contributed by atoms with E-state index >= 15 is 0 Å². The highest BCUT2D eigenvalue weighted by Gasteiger charge is 2.20. The predicted octanol–water partition coefficient (Wildman–Crippen LogP) is 2.11. The lowest BCUT2D eigenvalue weighted by molar-refractivity contribution is 0.556. The van der Waals surface area contributed by atoms with E-state index in [0.717, 1.165) is 29.2 Å². The summed E-state index contributed by atoms with van der Waals surface area (Å²) >= 11 is 9.53. The number of fused-ring (bicyclic) bond motifs is 1. The molecule has 0 unspecified atom stereocenters. The zero-order valence-corrected chi connectivity index (χ0v) is 11.2. The average Bonchev–Trinajstić information content (AvgIpc) is 2.75. The Balaban J connectivity index is 1.91. The summed E-state index contributed by atoms with van der Waals surface area (Å²) in [6, 6.07) is 1.85. The minimum absolute atomic E-state index is 0.646. The molecule has 1 aliphatic rings. The second kappa shape index (κ2) is 4.27. The van der Waals surface area contributed by atoms with Crippen LogP contribution in [0.1, 0.15) is 5.82 Å². The van der Waals surface area contributed by atoms with Gasteiger partial charge in [-0.05, 0) is 22.0 Å². The van der Waals surface area contributed by atoms with Gasteiger partial charge in [0.05, 0.1) is 11.6 Å². The molecule has 2 aromatic rings. The Morgan fingerprint density at radius 3 is 3.06 bits per heavy atom. The Hall–Kier alpha value is -1.14. The minimum Gasteiger partial charge on any atom is -0.346 e. The lowest BCUT2D eigenvalue weighted by Crippen LogP contribution is -2.34. The van der Waals surface area contributed by atoms with E-state index in [1.54, 1.807) is 12.5 Å². The van der Waals surface area contributed by atoms with Gasteiger partial charge >= 0.3 is 0 Å². The van der Waals surface area contributed by atoms with Gasteiger partial charge in [0.1, 0.15) is 12.1 Å². The van der Waals surface area contributed by atoms with Crippen molar-refractivity contribution in [1.82, 2.24) is 19.7 Å². The maximum atomic E-state index is 6.19. The molecule has 0 atom stereocenters. The predicted molar refractivity (Wildman–Crippen MR) is 68.0 cm³/mol. The number of hydrogen-bond acceptors (Lipinski definition) is 4. The number of anilines is 1. The van der Waals surface area contributed by atoms with E-state index in [0.29, 0.717) is 11.6 Å². The molecule has 3 heterocycles. The maximum Gasteiger partial charge on any atom is 0.152 e. The van der Waals surface area contributed by atoms with Crippen molar-refractivity contribution in [3.8, 4) is 0 Å². The van der Waals surface area contributed by atoms with E-state index in [1.165, 1.54) is 0 Å². The van der Waals surface area contributed by atoms with Crippen LogP contribution in [0.15, 0.2) is 23.1 Å². The van der Waals surface area contributed by atoms with Crippen LogP contribution in [0.25, 0.3) is 0 Å². The number of hydrogen-bond donors (Lipinski definition) is 0. The third kappa shape index (κ3) is 2.02. The third-order valence-electron chi connectivity index (χ3n) is 2.73. The van der Waals surface area contributed by atoms with Gasteiger partial charge in [0.15, 0.2) is 5.82 Å². The number of halogens is 2. The highest BCUT2D eigenvalue weighted by atomic mass is 79.9. The van der Waals surface area contributed by atoms with Crippen molar-refractivity contribution in [3.05, 3.63) is 33.9 Å². The molecule has 5 nitrogen and oxygen atoms in total. The van der Waals surface area contributed by atoms with E-state index in [1.807, 2.05) is 10.6 Å². The monoisotopic (exact) mass is 313 g/mol. The Morgan fingerprint density at radius 2 is 2.24 bits per heavy atom. The lowest BCUT2D eigenvalue weighted by Gasteiger charge is -2.28. The van der Waals surface area contributed by atoms with Crippen LogP contribution in [0.2, 0.25) is 5.02 Å². The Bertz CT molecular complexity index is 555. The molecule has 0 fully saturated rings. The Labute approximate surface area is 112 Å². The van der Waals surface area contributed by atoms with Gasteiger partial charge < -0.3 is 9.47 Å². The van der Waals surface area contributed by atoms with Crippen LogP contribution in [0.4, 0.5) is 5.82 Å². The molecule has 3 rings (SSSR count). The van der Waals surface area contributed by atoms with Crippen molar-refractivity contribution in [2.45, 2.75) is 13.1 Å². The van der Waals surface area contributed by atoms with Crippen LogP contribution in [0.5, 0.6) is 0 Å². The fraction of sp³-hybridized carbons (Fsp3) is 0.300. The van der Waals surface area contributed by atoms with Crippen LogP contribution in [0, 0.1) is 0 Å². The van der Waals surface area contributed by atoms with Crippen molar-refractivity contribution in [2.75, 3.05) is 11.4 Å². The molecule has 1 aliphatic heterocycles. The van der Waals surface area contributed by atoms with E-state index in [2.05, 4.69) is 36.0 Å². The molecular weight excluding hydrogens is 306 g/mol. The molecule has 88 valence electrons. The van der Waals surface area contributed by atoms with Crippen LogP contribution >= 0.6 is 27.5 Å². The zero-order valence-electron chi connectivity index (χ0n) is 8.85. The standard InChI is InChI=1S/C10H9BrClN5/c11-7-3-8(12)10(13-4-7)16-1-2-17-6-14-15-9(17)5-16/h3-4,6H,1-2,5H2. The van der Waals surface area contributed by atoms with E-state index in [-0.39, 0.29) is 0 Å². The van der Waals surface area contributed by atoms with Gasteiger partial charge in [-0.3, -0.25) is 0 Å². The summed E-state index contributed by atoms with van der Waals surface area (Å²) in [5.74, 6) is 1.74. The van der Waals surface area contributed by atoms with E-state index < -0.39 is 0 Å². The molecule has 0 aromatic carbocycles. The van der Waals surface area contributed by atoms with Gasteiger partial charge in [0.2, 0.25) is 0 Å². The second-order valence-corrected chi connectivity index (χ2v) is 5.14. The van der Waals surface area contributed by atoms with Crippen molar-refractivity contribution in [3.63, 3.8) is 0 Å². The first-order chi connectivity index (χ1) is 8.24. The molecule has 0 N–H and O–H groups in total. The van der Waals surface area contributed by atoms with Crippen LogP contribution < -0.4 is 4.90 Å². The molecule has 2 aromatic heterocycles. The third-order valence-corrected chi connectivity index (χ3v) is 3.44. The molecular formula is C10H9BrClN5. The first kappa shape index (κ1) is 11.0. The number of pyridine rings is 1. The SMILES string of the molecule is Clc1cc(Br)cnc1N1CCn2cnnc2C1. The second-order valence-electron chi connectivity index (χ2n) is 3.82. The van der Waals surface area contributed by atoms with Gasteiger partial charge in [-0.1, -0.05) is 11.6 Å². The lowest BCUT2D eigenvalue weighted by atomic mass is 10.3. The van der Waals surface area contributed by atoms with Crippen molar-refractivity contribution in [2.24, 2.45) is 0 Å². The molecule has 7 heteroatoms. The molecule has 17 heavy (non-hydrogen) atoms. The minimum atomic E-state index is 0.646. The number of rotatable bonds is 1. The Kier molecular flexibility index (Phi) is 2.76. The van der Waals surface area contributed by atoms with Gasteiger partial charge in [-0.2, -0.15) is 0 Å². The zero-order chi connectivity index (χ0) is 11.8. The van der Waals surface area contributed by atoms with Crippen LogP contribution in [-0.2, 0) is 13.1 Å². The average molecular weight is 315 g/mol. The summed E-state index contributed by atoms with van der Waals surface area (Å²) in [5, 5.41) is 8.61. The summed E-state index contributed by atoms with van der Waals surface area (Å²) in [6.07, 6.45) is 3.50. The quantitative estimate of drug-likeness (QED) is 0.809. The van der Waals surface area contributed by atoms with Crippen LogP contribution in [-0.4, -0.2) is 26.3 Å². The molecule has 0 saturated carbocycles. The molecule has 0 aliphatic carbocycles. The molecule has 0 bridgehead atoms. The summed E-state index contributed by atoms with van der Waals surface area (Å²) < 4.78 is 2.93. The van der Waals surface area contributed by atoms with Crippen molar-refractivity contribution < 1.29 is 0 Å². The number of nitrogens with zero attached hydrogens (tertiary/aromatic N) is 5. The topological polar surface area (TPSA) is 46.8 Å². The molecule has 0 saturated heterocycles. The fourth-order valence-corrected chi connectivity index (χ4v) is 2.64. The summed E-state index contributed by atoms with van der Waals surface area (Å²) in [5.41, 5.74) is 0. The molecule has 0 spiro atoms. The Morgan fingerprint density at radius 1 is 1.35 bits per heavy atom. The molecule has 0 radical (unpaired) electrons. The fourth-order valence-electron chi connectivity index (χ4n) is 1.89. The maximum absolute atomic E-state index is 6.19. The highest BCUT2D eigenvalue weighted by Crippen LogP contribution is 2.28. The van der Waals surface area contributed by atoms with Gasteiger partial charge in [-0.25, -0.2) is 4.98 Å². The van der Waals surface area contributed by atoms with E-state index in [4.69, 9.17) is 11.6 Å². The van der Waals surface area contributed by atoms with E-state index in [9.17, 15) is 0 Å². The number of aromatic nitrogens is 4. The summed E-state index contributed by atoms with van der Waals surface area (Å²) in [4.78, 5) is 6.46. The summed E-state index contributed by atoms with van der Waals surface area (Å²) in [6.45, 7) is 2.41. The highest BCUT2D eigenvalue weighted by molar-refractivity contribution is 9.10. The van der Waals surface area contributed by atoms with Crippen LogP contribution in [0.3, 0.4) is 0 Å². The van der Waals surface area contributed by atoms with Gasteiger partial charge in [0.25, 0.3) is 0 Å². The smallest absolute Gasteiger partial charge is 0.152 e. The van der Waals surface area contributed by atoms with Crippen molar-refractivity contribution >= 4 is 33.3 Å². The van der Waals surface area contributed by atoms with Gasteiger partial charge in [0, 0.05) is 23.8 Å². The van der Waals surface area contributed by atoms with Gasteiger partial charge in [-0.15, -0.1) is 10.2 Å². The normalized spacial score (nSPS) is 14.8. The van der Waals surface area contributed by atoms with Crippen molar-refractivity contribution in [1.29, 1.82) is 0 Å². The first-order valence-corrected chi connectivity index (χ1v) is 6.34. The summed E-state index contributed by atoms with van der Waals surface area (Å²) in [7, 11) is 0.